The fourth-order valence-electron chi connectivity index (χ4n) is 2.37. The van der Waals surface area contributed by atoms with Gasteiger partial charge in [-0.25, -0.2) is 4.98 Å². The lowest BCUT2D eigenvalue weighted by molar-refractivity contribution is 0.460. The van der Waals surface area contributed by atoms with Crippen molar-refractivity contribution in [1.29, 1.82) is 0 Å². The second-order valence-corrected chi connectivity index (χ2v) is 4.37. The molecular weight excluding hydrogens is 174 g/mol. The van der Waals surface area contributed by atoms with E-state index in [9.17, 15) is 0 Å². The summed E-state index contributed by atoms with van der Waals surface area (Å²) >= 11 is 0. The molecule has 1 saturated carbocycles. The van der Waals surface area contributed by atoms with E-state index in [0.29, 0.717) is 5.95 Å². The van der Waals surface area contributed by atoms with Crippen LogP contribution < -0.4 is 5.73 Å². The highest BCUT2D eigenvalue weighted by atomic mass is 15.1. The molecule has 0 atom stereocenters. The summed E-state index contributed by atoms with van der Waals surface area (Å²) in [6.07, 6.45) is 8.97. The van der Waals surface area contributed by atoms with Crippen LogP contribution in [0.5, 0.6) is 0 Å². The first-order valence-corrected chi connectivity index (χ1v) is 5.55. The summed E-state index contributed by atoms with van der Waals surface area (Å²) in [6, 6.07) is 0. The van der Waals surface area contributed by atoms with Gasteiger partial charge in [-0.3, -0.25) is 0 Å². The topological polar surface area (TPSA) is 43.8 Å². The number of anilines is 1. The minimum atomic E-state index is 0.667. The predicted molar refractivity (Wildman–Crippen MR) is 58.0 cm³/mol. The smallest absolute Gasteiger partial charge is 0.200 e. The first kappa shape index (κ1) is 9.56. The first-order valence-electron chi connectivity index (χ1n) is 5.55. The zero-order valence-corrected chi connectivity index (χ0v) is 8.87. The lowest BCUT2D eigenvalue weighted by Gasteiger charge is -2.09. The van der Waals surface area contributed by atoms with Crippen LogP contribution in [0.4, 0.5) is 5.95 Å². The van der Waals surface area contributed by atoms with Gasteiger partial charge in [-0.2, -0.15) is 0 Å². The molecule has 0 spiro atoms. The Morgan fingerprint density at radius 1 is 1.50 bits per heavy atom. The van der Waals surface area contributed by atoms with Crippen molar-refractivity contribution in [2.24, 2.45) is 5.92 Å². The third-order valence-corrected chi connectivity index (χ3v) is 3.18. The minimum Gasteiger partial charge on any atom is -0.369 e. The third kappa shape index (κ3) is 2.08. The van der Waals surface area contributed by atoms with Gasteiger partial charge in [0.25, 0.3) is 0 Å². The molecule has 2 rings (SSSR count). The Bertz CT molecular complexity index is 297. The molecule has 0 radical (unpaired) electrons. The average Bonchev–Trinajstić information content (AvgIpc) is 2.72. The number of nitrogen functional groups attached to an aromatic ring is 1. The van der Waals surface area contributed by atoms with E-state index in [1.807, 2.05) is 13.1 Å². The molecule has 0 amide bonds. The number of nitrogens with two attached hydrogens (primary N) is 1. The van der Waals surface area contributed by atoms with E-state index in [1.165, 1.54) is 32.1 Å². The Hall–Kier alpha value is -0.990. The van der Waals surface area contributed by atoms with Gasteiger partial charge >= 0.3 is 0 Å². The predicted octanol–water partition coefficient (Wildman–Crippen LogP) is 2.35. The van der Waals surface area contributed by atoms with Crippen molar-refractivity contribution in [3.05, 3.63) is 11.9 Å². The number of hydrogen-bond acceptors (Lipinski definition) is 2. The van der Waals surface area contributed by atoms with Crippen LogP contribution in [0, 0.1) is 12.8 Å². The lowest BCUT2D eigenvalue weighted by atomic mass is 10.0. The third-order valence-electron chi connectivity index (χ3n) is 3.18. The molecular formula is C11H19N3. The van der Waals surface area contributed by atoms with Gasteiger partial charge < -0.3 is 10.3 Å². The van der Waals surface area contributed by atoms with E-state index >= 15 is 0 Å². The average molecular weight is 193 g/mol. The second kappa shape index (κ2) is 4.03. The summed E-state index contributed by atoms with van der Waals surface area (Å²) in [6.45, 7) is 3.03. The van der Waals surface area contributed by atoms with Gasteiger partial charge in [0.15, 0.2) is 5.95 Å². The maximum absolute atomic E-state index is 5.78. The van der Waals surface area contributed by atoms with Crippen LogP contribution in [-0.4, -0.2) is 9.55 Å². The fraction of sp³-hybridized carbons (Fsp3) is 0.727. The monoisotopic (exact) mass is 193 g/mol. The van der Waals surface area contributed by atoms with Crippen LogP contribution in [0.1, 0.15) is 37.8 Å². The van der Waals surface area contributed by atoms with Crippen LogP contribution in [0.3, 0.4) is 0 Å². The number of nitrogens with zero attached hydrogens (tertiary/aromatic N) is 2. The zero-order chi connectivity index (χ0) is 9.97. The van der Waals surface area contributed by atoms with Gasteiger partial charge in [-0.05, 0) is 19.3 Å². The highest BCUT2D eigenvalue weighted by Gasteiger charge is 2.15. The number of rotatable bonds is 3. The summed E-state index contributed by atoms with van der Waals surface area (Å²) in [7, 11) is 0. The van der Waals surface area contributed by atoms with Crippen molar-refractivity contribution in [2.45, 2.75) is 45.6 Å². The van der Waals surface area contributed by atoms with E-state index in [2.05, 4.69) is 9.55 Å². The molecule has 0 aliphatic heterocycles. The molecule has 14 heavy (non-hydrogen) atoms. The molecule has 1 aliphatic rings. The largest absolute Gasteiger partial charge is 0.369 e. The van der Waals surface area contributed by atoms with Crippen molar-refractivity contribution in [3.63, 3.8) is 0 Å². The standard InChI is InChI=1S/C11H19N3/c1-9-8-14(11(12)13-9)7-6-10-4-2-3-5-10/h8,10H,2-7H2,1H3,(H2,12,13). The van der Waals surface area contributed by atoms with Crippen LogP contribution >= 0.6 is 0 Å². The number of hydrogen-bond donors (Lipinski definition) is 1. The second-order valence-electron chi connectivity index (χ2n) is 4.37. The molecule has 3 nitrogen and oxygen atoms in total. The van der Waals surface area contributed by atoms with Gasteiger partial charge in [0.2, 0.25) is 0 Å². The molecule has 0 unspecified atom stereocenters. The highest BCUT2D eigenvalue weighted by molar-refractivity contribution is 5.20. The van der Waals surface area contributed by atoms with E-state index in [4.69, 9.17) is 5.73 Å². The Morgan fingerprint density at radius 2 is 2.21 bits per heavy atom. The molecule has 1 fully saturated rings. The molecule has 0 aromatic carbocycles. The zero-order valence-electron chi connectivity index (χ0n) is 8.87. The van der Waals surface area contributed by atoms with E-state index in [0.717, 1.165) is 18.2 Å². The van der Waals surface area contributed by atoms with Gasteiger partial charge in [0, 0.05) is 12.7 Å². The van der Waals surface area contributed by atoms with Gasteiger partial charge in [0.1, 0.15) is 0 Å². The Labute approximate surface area is 85.3 Å². The summed E-state index contributed by atoms with van der Waals surface area (Å²) < 4.78 is 2.08. The summed E-state index contributed by atoms with van der Waals surface area (Å²) in [5, 5.41) is 0. The van der Waals surface area contributed by atoms with Crippen molar-refractivity contribution in [3.8, 4) is 0 Å². The van der Waals surface area contributed by atoms with Crippen LogP contribution in [0.15, 0.2) is 6.20 Å². The molecule has 3 heteroatoms. The van der Waals surface area contributed by atoms with E-state index < -0.39 is 0 Å². The molecule has 1 aromatic rings. The van der Waals surface area contributed by atoms with Gasteiger partial charge in [0.05, 0.1) is 5.69 Å². The minimum absolute atomic E-state index is 0.667. The van der Waals surface area contributed by atoms with Crippen LogP contribution in [-0.2, 0) is 6.54 Å². The molecule has 0 bridgehead atoms. The number of imidazole rings is 1. The maximum Gasteiger partial charge on any atom is 0.200 e. The molecule has 1 aliphatic carbocycles. The maximum atomic E-state index is 5.78. The Kier molecular flexibility index (Phi) is 2.75. The van der Waals surface area contributed by atoms with Gasteiger partial charge in [-0.1, -0.05) is 25.7 Å². The number of aromatic nitrogens is 2. The van der Waals surface area contributed by atoms with Crippen LogP contribution in [0.25, 0.3) is 0 Å². The van der Waals surface area contributed by atoms with Crippen molar-refractivity contribution >= 4 is 5.95 Å². The van der Waals surface area contributed by atoms with Crippen LogP contribution in [0.2, 0.25) is 0 Å². The molecule has 78 valence electrons. The Balaban J connectivity index is 1.87. The lowest BCUT2D eigenvalue weighted by Crippen LogP contribution is -2.05. The molecule has 0 saturated heterocycles. The van der Waals surface area contributed by atoms with E-state index in [-0.39, 0.29) is 0 Å². The molecule has 2 N–H and O–H groups in total. The SMILES string of the molecule is Cc1cn(CCC2CCCC2)c(N)n1. The summed E-state index contributed by atoms with van der Waals surface area (Å²) in [4.78, 5) is 4.20. The van der Waals surface area contributed by atoms with Gasteiger partial charge in [-0.15, -0.1) is 0 Å². The van der Waals surface area contributed by atoms with Crippen molar-refractivity contribution in [1.82, 2.24) is 9.55 Å². The summed E-state index contributed by atoms with van der Waals surface area (Å²) in [5.41, 5.74) is 6.80. The van der Waals surface area contributed by atoms with E-state index in [1.54, 1.807) is 0 Å². The van der Waals surface area contributed by atoms with Crippen molar-refractivity contribution < 1.29 is 0 Å². The Morgan fingerprint density at radius 3 is 2.79 bits per heavy atom. The normalized spacial score (nSPS) is 17.8. The fourth-order valence-corrected chi connectivity index (χ4v) is 2.37. The molecule has 1 aromatic heterocycles. The summed E-state index contributed by atoms with van der Waals surface area (Å²) in [5.74, 6) is 1.60. The number of aryl methyl sites for hydroxylation is 2. The first-order chi connectivity index (χ1) is 6.75. The molecule has 1 heterocycles. The van der Waals surface area contributed by atoms with Crippen molar-refractivity contribution in [2.75, 3.05) is 5.73 Å². The quantitative estimate of drug-likeness (QED) is 0.800. The highest BCUT2D eigenvalue weighted by Crippen LogP contribution is 2.28.